The van der Waals surface area contributed by atoms with Crippen LogP contribution in [0.3, 0.4) is 0 Å². The van der Waals surface area contributed by atoms with Gasteiger partial charge in [0.15, 0.2) is 0 Å². The number of benzene rings is 1. The van der Waals surface area contributed by atoms with Crippen LogP contribution in [0.15, 0.2) is 35.4 Å². The highest BCUT2D eigenvalue weighted by atomic mass is 32.2. The zero-order chi connectivity index (χ0) is 12.3. The predicted molar refractivity (Wildman–Crippen MR) is 76.9 cm³/mol. The molecule has 0 radical (unpaired) electrons. The minimum Gasteiger partial charge on any atom is -0.248 e. The zero-order valence-corrected chi connectivity index (χ0v) is 12.1. The van der Waals surface area contributed by atoms with Gasteiger partial charge in [0.1, 0.15) is 5.01 Å². The molecule has 1 aromatic heterocycles. The highest BCUT2D eigenvalue weighted by Crippen LogP contribution is 2.28. The molecule has 1 nitrogen and oxygen atoms in total. The molecule has 1 aromatic carbocycles. The highest BCUT2D eigenvalue weighted by molar-refractivity contribution is 7.98. The third-order valence-corrected chi connectivity index (χ3v) is 4.98. The standard InChI is InChI=1S/C14H17NS2/c1-10(2)13-8-15-14(17-13)9-16-12-6-4-5-11(3)7-12/h4-8,10H,9H2,1-3H3. The third kappa shape index (κ3) is 3.58. The van der Waals surface area contributed by atoms with E-state index in [-0.39, 0.29) is 0 Å². The number of rotatable bonds is 4. The summed E-state index contributed by atoms with van der Waals surface area (Å²) in [5.74, 6) is 1.56. The smallest absolute Gasteiger partial charge is 0.103 e. The molecule has 90 valence electrons. The number of thioether (sulfide) groups is 1. The molecule has 0 N–H and O–H groups in total. The van der Waals surface area contributed by atoms with Crippen LogP contribution in [0.1, 0.15) is 35.2 Å². The lowest BCUT2D eigenvalue weighted by molar-refractivity contribution is 0.885. The van der Waals surface area contributed by atoms with Crippen LogP contribution in [0, 0.1) is 6.92 Å². The van der Waals surface area contributed by atoms with Crippen molar-refractivity contribution in [2.75, 3.05) is 0 Å². The fourth-order valence-corrected chi connectivity index (χ4v) is 3.45. The van der Waals surface area contributed by atoms with Crippen molar-refractivity contribution in [3.05, 3.63) is 45.9 Å². The Morgan fingerprint density at radius 2 is 2.18 bits per heavy atom. The molecule has 0 spiro atoms. The van der Waals surface area contributed by atoms with Crippen LogP contribution in [-0.4, -0.2) is 4.98 Å². The first-order valence-corrected chi connectivity index (χ1v) is 7.59. The number of hydrogen-bond acceptors (Lipinski definition) is 3. The minimum atomic E-state index is 0.588. The molecule has 0 fully saturated rings. The van der Waals surface area contributed by atoms with Gasteiger partial charge in [0.05, 0.1) is 5.75 Å². The number of nitrogens with zero attached hydrogens (tertiary/aromatic N) is 1. The molecule has 0 bridgehead atoms. The Morgan fingerprint density at radius 1 is 1.35 bits per heavy atom. The van der Waals surface area contributed by atoms with Gasteiger partial charge in [0, 0.05) is 16.0 Å². The lowest BCUT2D eigenvalue weighted by atomic mass is 10.2. The highest BCUT2D eigenvalue weighted by Gasteiger charge is 2.05. The average molecular weight is 263 g/mol. The van der Waals surface area contributed by atoms with Gasteiger partial charge in [-0.15, -0.1) is 23.1 Å². The fraction of sp³-hybridized carbons (Fsp3) is 0.357. The lowest BCUT2D eigenvalue weighted by Crippen LogP contribution is -1.78. The van der Waals surface area contributed by atoms with Crippen molar-refractivity contribution in [3.63, 3.8) is 0 Å². The Balaban J connectivity index is 1.97. The molecule has 0 atom stereocenters. The maximum absolute atomic E-state index is 4.47. The van der Waals surface area contributed by atoms with Crippen LogP contribution in [0.4, 0.5) is 0 Å². The van der Waals surface area contributed by atoms with Gasteiger partial charge in [-0.05, 0) is 25.0 Å². The lowest BCUT2D eigenvalue weighted by Gasteiger charge is -2.00. The molecule has 0 amide bonds. The molecule has 2 rings (SSSR count). The minimum absolute atomic E-state index is 0.588. The van der Waals surface area contributed by atoms with Crippen LogP contribution < -0.4 is 0 Å². The molecule has 17 heavy (non-hydrogen) atoms. The van der Waals surface area contributed by atoms with Crippen molar-refractivity contribution in [1.29, 1.82) is 0 Å². The van der Waals surface area contributed by atoms with E-state index in [0.717, 1.165) is 5.75 Å². The van der Waals surface area contributed by atoms with E-state index in [0.29, 0.717) is 5.92 Å². The van der Waals surface area contributed by atoms with Crippen LogP contribution in [0.5, 0.6) is 0 Å². The normalized spacial score (nSPS) is 11.1. The number of aromatic nitrogens is 1. The zero-order valence-electron chi connectivity index (χ0n) is 10.4. The summed E-state index contributed by atoms with van der Waals surface area (Å²) >= 11 is 3.69. The number of hydrogen-bond donors (Lipinski definition) is 0. The topological polar surface area (TPSA) is 12.9 Å². The van der Waals surface area contributed by atoms with E-state index >= 15 is 0 Å². The largest absolute Gasteiger partial charge is 0.248 e. The second-order valence-electron chi connectivity index (χ2n) is 4.42. The Labute approximate surface area is 111 Å². The van der Waals surface area contributed by atoms with Gasteiger partial charge in [-0.3, -0.25) is 0 Å². The third-order valence-electron chi connectivity index (χ3n) is 2.49. The van der Waals surface area contributed by atoms with Gasteiger partial charge >= 0.3 is 0 Å². The molecule has 0 unspecified atom stereocenters. The van der Waals surface area contributed by atoms with Gasteiger partial charge in [0.25, 0.3) is 0 Å². The van der Waals surface area contributed by atoms with E-state index in [2.05, 4.69) is 50.0 Å². The molecule has 0 saturated heterocycles. The summed E-state index contributed by atoms with van der Waals surface area (Å²) in [6.07, 6.45) is 2.02. The first-order valence-electron chi connectivity index (χ1n) is 5.79. The summed E-state index contributed by atoms with van der Waals surface area (Å²) in [4.78, 5) is 7.18. The summed E-state index contributed by atoms with van der Waals surface area (Å²) in [6, 6.07) is 8.62. The van der Waals surface area contributed by atoms with E-state index in [4.69, 9.17) is 0 Å². The Kier molecular flexibility index (Phi) is 4.24. The summed E-state index contributed by atoms with van der Waals surface area (Å²) in [5.41, 5.74) is 1.32. The van der Waals surface area contributed by atoms with E-state index in [1.165, 1.54) is 20.3 Å². The predicted octanol–water partition coefficient (Wildman–Crippen LogP) is 4.87. The van der Waals surface area contributed by atoms with Crippen molar-refractivity contribution in [1.82, 2.24) is 4.98 Å². The second kappa shape index (κ2) is 5.69. The number of thiazole rings is 1. The molecular formula is C14H17NS2. The van der Waals surface area contributed by atoms with E-state index in [9.17, 15) is 0 Å². The van der Waals surface area contributed by atoms with Gasteiger partial charge in [-0.1, -0.05) is 31.5 Å². The number of aryl methyl sites for hydroxylation is 1. The molecule has 0 saturated carbocycles. The van der Waals surface area contributed by atoms with Gasteiger partial charge in [-0.2, -0.15) is 0 Å². The Morgan fingerprint density at radius 3 is 2.82 bits per heavy atom. The monoisotopic (exact) mass is 263 g/mol. The van der Waals surface area contributed by atoms with Crippen molar-refractivity contribution in [2.24, 2.45) is 0 Å². The summed E-state index contributed by atoms with van der Waals surface area (Å²) in [6.45, 7) is 6.56. The van der Waals surface area contributed by atoms with Crippen LogP contribution in [-0.2, 0) is 5.75 Å². The van der Waals surface area contributed by atoms with Crippen molar-refractivity contribution in [2.45, 2.75) is 37.3 Å². The molecule has 3 heteroatoms. The summed E-state index contributed by atoms with van der Waals surface area (Å²) in [5, 5.41) is 1.22. The SMILES string of the molecule is Cc1cccc(SCc2ncc(C(C)C)s2)c1. The second-order valence-corrected chi connectivity index (χ2v) is 6.61. The van der Waals surface area contributed by atoms with E-state index in [1.54, 1.807) is 0 Å². The van der Waals surface area contributed by atoms with Gasteiger partial charge < -0.3 is 0 Å². The van der Waals surface area contributed by atoms with E-state index < -0.39 is 0 Å². The average Bonchev–Trinajstić information content (AvgIpc) is 2.75. The Bertz CT molecular complexity index is 488. The van der Waals surface area contributed by atoms with E-state index in [1.807, 2.05) is 29.3 Å². The molecular weight excluding hydrogens is 246 g/mol. The molecule has 0 aliphatic carbocycles. The van der Waals surface area contributed by atoms with Crippen molar-refractivity contribution in [3.8, 4) is 0 Å². The summed E-state index contributed by atoms with van der Waals surface area (Å²) in [7, 11) is 0. The first kappa shape index (κ1) is 12.7. The maximum atomic E-state index is 4.47. The van der Waals surface area contributed by atoms with Gasteiger partial charge in [0.2, 0.25) is 0 Å². The van der Waals surface area contributed by atoms with Crippen LogP contribution in [0.25, 0.3) is 0 Å². The van der Waals surface area contributed by atoms with Gasteiger partial charge in [-0.25, -0.2) is 4.98 Å². The van der Waals surface area contributed by atoms with Crippen LogP contribution in [0.2, 0.25) is 0 Å². The summed E-state index contributed by atoms with van der Waals surface area (Å²) < 4.78 is 0. The molecule has 0 aliphatic heterocycles. The van der Waals surface area contributed by atoms with Crippen molar-refractivity contribution >= 4 is 23.1 Å². The van der Waals surface area contributed by atoms with Crippen molar-refractivity contribution < 1.29 is 0 Å². The molecule has 2 aromatic rings. The first-order chi connectivity index (χ1) is 8.15. The maximum Gasteiger partial charge on any atom is 0.103 e. The fourth-order valence-electron chi connectivity index (χ4n) is 1.51. The molecule has 0 aliphatic rings. The quantitative estimate of drug-likeness (QED) is 0.730. The molecule has 1 heterocycles. The Hall–Kier alpha value is -0.800. The van der Waals surface area contributed by atoms with Crippen LogP contribution >= 0.6 is 23.1 Å².